The molecule has 3 aromatic rings. The van der Waals surface area contributed by atoms with Crippen LogP contribution < -0.4 is 0 Å². The van der Waals surface area contributed by atoms with Crippen molar-refractivity contribution < 1.29 is 4.79 Å². The molecule has 1 amide bonds. The van der Waals surface area contributed by atoms with Gasteiger partial charge in [0.25, 0.3) is 0 Å². The number of para-hydroxylation sites is 1. The number of benzene rings is 1. The predicted molar refractivity (Wildman–Crippen MR) is 97.4 cm³/mol. The van der Waals surface area contributed by atoms with E-state index in [0.29, 0.717) is 13.0 Å². The Hall–Kier alpha value is -2.69. The Labute approximate surface area is 147 Å². The average molecular weight is 334 g/mol. The summed E-state index contributed by atoms with van der Waals surface area (Å²) in [5.41, 5.74) is 4.12. The number of nitrogens with zero attached hydrogens (tertiary/aromatic N) is 3. The van der Waals surface area contributed by atoms with Crippen molar-refractivity contribution in [3.63, 3.8) is 0 Å². The summed E-state index contributed by atoms with van der Waals surface area (Å²) >= 11 is 0. The van der Waals surface area contributed by atoms with Gasteiger partial charge in [-0.2, -0.15) is 0 Å². The molecule has 1 N–H and O–H groups in total. The number of aromatic amines is 1. The Morgan fingerprint density at radius 1 is 1.24 bits per heavy atom. The number of amides is 1. The average Bonchev–Trinajstić information content (AvgIpc) is 3.22. The molecule has 25 heavy (non-hydrogen) atoms. The molecule has 1 fully saturated rings. The number of H-pyrrole nitrogens is 1. The van der Waals surface area contributed by atoms with Crippen LogP contribution in [0.2, 0.25) is 0 Å². The second-order valence-electron chi connectivity index (χ2n) is 6.87. The Bertz CT molecular complexity index is 910. The van der Waals surface area contributed by atoms with E-state index in [-0.39, 0.29) is 11.8 Å². The third-order valence-electron chi connectivity index (χ3n) is 4.92. The van der Waals surface area contributed by atoms with Crippen molar-refractivity contribution in [1.29, 1.82) is 0 Å². The molecule has 0 radical (unpaired) electrons. The molecule has 3 heterocycles. The molecule has 5 nitrogen and oxygen atoms in total. The molecule has 128 valence electrons. The fourth-order valence-electron chi connectivity index (χ4n) is 3.69. The minimum atomic E-state index is 0.177. The van der Waals surface area contributed by atoms with Gasteiger partial charge in [0.05, 0.1) is 6.42 Å². The van der Waals surface area contributed by atoms with Crippen molar-refractivity contribution in [2.24, 2.45) is 0 Å². The molecular formula is C20H22N4O. The molecule has 5 heteroatoms. The number of aryl methyl sites for hydroxylation is 2. The van der Waals surface area contributed by atoms with Gasteiger partial charge in [-0.15, -0.1) is 0 Å². The molecular weight excluding hydrogens is 312 g/mol. The highest BCUT2D eigenvalue weighted by molar-refractivity contribution is 5.89. The maximum absolute atomic E-state index is 12.7. The lowest BCUT2D eigenvalue weighted by atomic mass is 10.1. The normalized spacial score (nSPS) is 17.4. The quantitative estimate of drug-likeness (QED) is 0.800. The van der Waals surface area contributed by atoms with Gasteiger partial charge in [0, 0.05) is 47.5 Å². The maximum atomic E-state index is 12.7. The minimum absolute atomic E-state index is 0.177. The lowest BCUT2D eigenvalue weighted by Crippen LogP contribution is -2.30. The molecule has 1 atom stereocenters. The molecule has 1 saturated heterocycles. The highest BCUT2D eigenvalue weighted by Crippen LogP contribution is 2.26. The van der Waals surface area contributed by atoms with Crippen molar-refractivity contribution in [3.8, 4) is 0 Å². The Balaban J connectivity index is 1.47. The number of hydrogen-bond acceptors (Lipinski definition) is 3. The number of hydrogen-bond donors (Lipinski definition) is 1. The van der Waals surface area contributed by atoms with Gasteiger partial charge in [-0.05, 0) is 38.0 Å². The van der Waals surface area contributed by atoms with Gasteiger partial charge >= 0.3 is 0 Å². The van der Waals surface area contributed by atoms with Gasteiger partial charge in [-0.1, -0.05) is 18.2 Å². The zero-order valence-corrected chi connectivity index (χ0v) is 14.6. The van der Waals surface area contributed by atoms with Crippen LogP contribution in [0.4, 0.5) is 0 Å². The standard InChI is InChI=1S/C20H22N4O/c1-13-9-14(2)23-20(22-13)15-7-8-24(12-15)19(25)10-16-11-21-18-6-4-3-5-17(16)18/h3-6,9,11,15,21H,7-8,10,12H2,1-2H3. The lowest BCUT2D eigenvalue weighted by molar-refractivity contribution is -0.129. The smallest absolute Gasteiger partial charge is 0.227 e. The first-order chi connectivity index (χ1) is 12.1. The molecule has 2 aromatic heterocycles. The molecule has 4 rings (SSSR count). The number of carbonyl (C=O) groups is 1. The Morgan fingerprint density at radius 3 is 2.80 bits per heavy atom. The fraction of sp³-hybridized carbons (Fsp3) is 0.350. The van der Waals surface area contributed by atoms with E-state index in [0.717, 1.165) is 46.6 Å². The van der Waals surface area contributed by atoms with Gasteiger partial charge in [-0.3, -0.25) is 4.79 Å². The molecule has 0 bridgehead atoms. The SMILES string of the molecule is Cc1cc(C)nc(C2CCN(C(=O)Cc3c[nH]c4ccccc34)C2)n1. The van der Waals surface area contributed by atoms with Crippen molar-refractivity contribution in [2.45, 2.75) is 32.6 Å². The molecule has 1 aliphatic heterocycles. The summed E-state index contributed by atoms with van der Waals surface area (Å²) < 4.78 is 0. The van der Waals surface area contributed by atoms with Crippen LogP contribution in [0.5, 0.6) is 0 Å². The van der Waals surface area contributed by atoms with Gasteiger partial charge in [0.15, 0.2) is 0 Å². The van der Waals surface area contributed by atoms with Gasteiger partial charge in [0.2, 0.25) is 5.91 Å². The Morgan fingerprint density at radius 2 is 2.00 bits per heavy atom. The summed E-state index contributed by atoms with van der Waals surface area (Å²) in [5, 5.41) is 1.13. The number of nitrogens with one attached hydrogen (secondary N) is 1. The van der Waals surface area contributed by atoms with E-state index < -0.39 is 0 Å². The molecule has 1 aliphatic rings. The number of aromatic nitrogens is 3. The monoisotopic (exact) mass is 334 g/mol. The zero-order chi connectivity index (χ0) is 17.4. The second kappa shape index (κ2) is 6.31. The second-order valence-corrected chi connectivity index (χ2v) is 6.87. The molecule has 1 unspecified atom stereocenters. The van der Waals surface area contributed by atoms with Crippen LogP contribution >= 0.6 is 0 Å². The van der Waals surface area contributed by atoms with Crippen molar-refractivity contribution in [2.75, 3.05) is 13.1 Å². The summed E-state index contributed by atoms with van der Waals surface area (Å²) in [7, 11) is 0. The number of carbonyl (C=O) groups excluding carboxylic acids is 1. The van der Waals surface area contributed by atoms with Crippen molar-refractivity contribution >= 4 is 16.8 Å². The van der Waals surface area contributed by atoms with Gasteiger partial charge < -0.3 is 9.88 Å². The minimum Gasteiger partial charge on any atom is -0.361 e. The highest BCUT2D eigenvalue weighted by atomic mass is 16.2. The largest absolute Gasteiger partial charge is 0.361 e. The summed E-state index contributed by atoms with van der Waals surface area (Å²) in [6, 6.07) is 10.1. The highest BCUT2D eigenvalue weighted by Gasteiger charge is 2.29. The lowest BCUT2D eigenvalue weighted by Gasteiger charge is -2.16. The third kappa shape index (κ3) is 3.14. The molecule has 0 spiro atoms. The Kier molecular flexibility index (Phi) is 3.99. The van der Waals surface area contributed by atoms with E-state index in [2.05, 4.69) is 21.0 Å². The number of rotatable bonds is 3. The van der Waals surface area contributed by atoms with Crippen molar-refractivity contribution in [1.82, 2.24) is 19.9 Å². The maximum Gasteiger partial charge on any atom is 0.227 e. The van der Waals surface area contributed by atoms with Gasteiger partial charge in [0.1, 0.15) is 5.82 Å². The summed E-state index contributed by atoms with van der Waals surface area (Å²) in [6.07, 6.45) is 3.32. The number of fused-ring (bicyclic) bond motifs is 1. The van der Waals surface area contributed by atoms with E-state index in [1.54, 1.807) is 0 Å². The van der Waals surface area contributed by atoms with Crippen LogP contribution in [0.3, 0.4) is 0 Å². The van der Waals surface area contributed by atoms with E-state index in [4.69, 9.17) is 0 Å². The summed E-state index contributed by atoms with van der Waals surface area (Å²) in [5.74, 6) is 1.29. The summed E-state index contributed by atoms with van der Waals surface area (Å²) in [4.78, 5) is 27.1. The van der Waals surface area contributed by atoms with Crippen LogP contribution in [-0.2, 0) is 11.2 Å². The first-order valence-electron chi connectivity index (χ1n) is 8.75. The first kappa shape index (κ1) is 15.8. The van der Waals surface area contributed by atoms with Crippen LogP contribution in [-0.4, -0.2) is 38.8 Å². The molecule has 0 aliphatic carbocycles. The molecule has 0 saturated carbocycles. The first-order valence-corrected chi connectivity index (χ1v) is 8.75. The van der Waals surface area contributed by atoms with Crippen LogP contribution in [0, 0.1) is 13.8 Å². The topological polar surface area (TPSA) is 61.9 Å². The van der Waals surface area contributed by atoms with E-state index in [1.165, 1.54) is 0 Å². The van der Waals surface area contributed by atoms with E-state index in [9.17, 15) is 4.79 Å². The molecule has 1 aromatic carbocycles. The van der Waals surface area contributed by atoms with Crippen LogP contribution in [0.15, 0.2) is 36.5 Å². The van der Waals surface area contributed by atoms with Crippen LogP contribution in [0.1, 0.15) is 35.1 Å². The third-order valence-corrected chi connectivity index (χ3v) is 4.92. The van der Waals surface area contributed by atoms with E-state index >= 15 is 0 Å². The van der Waals surface area contributed by atoms with Crippen molar-refractivity contribution in [3.05, 3.63) is 59.3 Å². The summed E-state index contributed by atoms with van der Waals surface area (Å²) in [6.45, 7) is 5.48. The van der Waals surface area contributed by atoms with E-state index in [1.807, 2.05) is 49.2 Å². The fourth-order valence-corrected chi connectivity index (χ4v) is 3.69. The number of likely N-dealkylation sites (tertiary alicyclic amines) is 1. The van der Waals surface area contributed by atoms with Crippen LogP contribution in [0.25, 0.3) is 10.9 Å². The predicted octanol–water partition coefficient (Wildman–Crippen LogP) is 3.13. The zero-order valence-electron chi connectivity index (χ0n) is 14.6. The van der Waals surface area contributed by atoms with Gasteiger partial charge in [-0.25, -0.2) is 9.97 Å².